The Labute approximate surface area is 121 Å². The first-order valence-corrected chi connectivity index (χ1v) is 6.07. The van der Waals surface area contributed by atoms with Crippen LogP contribution in [-0.4, -0.2) is 16.2 Å². The van der Waals surface area contributed by atoms with Crippen molar-refractivity contribution in [3.63, 3.8) is 0 Å². The van der Waals surface area contributed by atoms with Crippen LogP contribution in [0.1, 0.15) is 40.7 Å². The maximum atomic E-state index is 13.8. The summed E-state index contributed by atoms with van der Waals surface area (Å²) in [6, 6.07) is 2.36. The van der Waals surface area contributed by atoms with E-state index < -0.39 is 35.2 Å². The molecule has 0 N–H and O–H groups in total. The van der Waals surface area contributed by atoms with Crippen LogP contribution in [0.15, 0.2) is 22.6 Å². The summed E-state index contributed by atoms with van der Waals surface area (Å²) in [5, 5.41) is 7.12. The Morgan fingerprint density at radius 1 is 1.32 bits per heavy atom. The van der Waals surface area contributed by atoms with Crippen LogP contribution < -0.4 is 0 Å². The minimum atomic E-state index is -4.91. The van der Waals surface area contributed by atoms with E-state index in [0.29, 0.717) is 6.07 Å². The van der Waals surface area contributed by atoms with Gasteiger partial charge in [0.15, 0.2) is 6.10 Å². The van der Waals surface area contributed by atoms with E-state index in [1.807, 2.05) is 0 Å². The minimum Gasteiger partial charge on any atom is -0.449 e. The number of aryl methyl sites for hydroxylation is 1. The third-order valence-corrected chi connectivity index (χ3v) is 2.70. The highest BCUT2D eigenvalue weighted by Gasteiger charge is 2.36. The zero-order chi connectivity index (χ0) is 16.5. The Morgan fingerprint density at radius 3 is 2.55 bits per heavy atom. The number of benzene rings is 1. The SMILES string of the molecule is Cc1nnc([C@H](C)OC(=O)c2cccc(C(F)(F)F)c2F)o1. The van der Waals surface area contributed by atoms with E-state index in [-0.39, 0.29) is 11.8 Å². The van der Waals surface area contributed by atoms with E-state index in [4.69, 9.17) is 9.15 Å². The molecule has 118 valence electrons. The predicted molar refractivity (Wildman–Crippen MR) is 64.3 cm³/mol. The second-order valence-corrected chi connectivity index (χ2v) is 4.37. The first-order valence-electron chi connectivity index (χ1n) is 6.07. The zero-order valence-corrected chi connectivity index (χ0v) is 11.4. The number of halogens is 4. The number of rotatable bonds is 3. The van der Waals surface area contributed by atoms with Gasteiger partial charge >= 0.3 is 12.1 Å². The number of ether oxygens (including phenoxy) is 1. The number of carbonyl (C=O) groups excluding carboxylic acids is 1. The molecule has 0 aliphatic heterocycles. The van der Waals surface area contributed by atoms with Crippen molar-refractivity contribution in [1.29, 1.82) is 0 Å². The molecule has 0 saturated heterocycles. The first kappa shape index (κ1) is 15.9. The molecule has 0 amide bonds. The van der Waals surface area contributed by atoms with Crippen LogP contribution in [0.5, 0.6) is 0 Å². The molecule has 2 rings (SSSR count). The molecule has 0 spiro atoms. The summed E-state index contributed by atoms with van der Waals surface area (Å²) in [7, 11) is 0. The van der Waals surface area contributed by atoms with E-state index >= 15 is 0 Å². The molecule has 0 aliphatic carbocycles. The van der Waals surface area contributed by atoms with Crippen molar-refractivity contribution in [1.82, 2.24) is 10.2 Å². The van der Waals surface area contributed by atoms with E-state index in [9.17, 15) is 22.4 Å². The summed E-state index contributed by atoms with van der Waals surface area (Å²) >= 11 is 0. The number of hydrogen-bond acceptors (Lipinski definition) is 5. The van der Waals surface area contributed by atoms with Crippen molar-refractivity contribution in [3.05, 3.63) is 46.9 Å². The van der Waals surface area contributed by atoms with Crippen LogP contribution in [0.25, 0.3) is 0 Å². The lowest BCUT2D eigenvalue weighted by molar-refractivity contribution is -0.140. The van der Waals surface area contributed by atoms with Gasteiger partial charge in [0.25, 0.3) is 5.89 Å². The molecule has 0 saturated carbocycles. The van der Waals surface area contributed by atoms with Gasteiger partial charge in [0.1, 0.15) is 5.82 Å². The fraction of sp³-hybridized carbons (Fsp3) is 0.308. The fourth-order valence-electron chi connectivity index (χ4n) is 1.66. The third-order valence-electron chi connectivity index (χ3n) is 2.70. The molecular weight excluding hydrogens is 308 g/mol. The van der Waals surface area contributed by atoms with Crippen LogP contribution in [0.3, 0.4) is 0 Å². The third kappa shape index (κ3) is 3.23. The molecule has 1 aromatic heterocycles. The monoisotopic (exact) mass is 318 g/mol. The van der Waals surface area contributed by atoms with Crippen LogP contribution in [0.2, 0.25) is 0 Å². The minimum absolute atomic E-state index is 0.0433. The Morgan fingerprint density at radius 2 is 2.00 bits per heavy atom. The van der Waals surface area contributed by atoms with Gasteiger partial charge in [-0.25, -0.2) is 9.18 Å². The lowest BCUT2D eigenvalue weighted by Gasteiger charge is -2.12. The molecular formula is C13H10F4N2O3. The van der Waals surface area contributed by atoms with Gasteiger partial charge < -0.3 is 9.15 Å². The van der Waals surface area contributed by atoms with E-state index in [1.54, 1.807) is 0 Å². The number of hydrogen-bond donors (Lipinski definition) is 0. The Bertz CT molecular complexity index is 697. The van der Waals surface area contributed by atoms with Crippen LogP contribution >= 0.6 is 0 Å². The quantitative estimate of drug-likeness (QED) is 0.640. The van der Waals surface area contributed by atoms with Gasteiger partial charge in [-0.15, -0.1) is 10.2 Å². The second kappa shape index (κ2) is 5.74. The maximum absolute atomic E-state index is 13.8. The molecule has 1 heterocycles. The van der Waals surface area contributed by atoms with E-state index in [2.05, 4.69) is 10.2 Å². The predicted octanol–water partition coefficient (Wildman–Crippen LogP) is 3.45. The molecule has 1 atom stereocenters. The first-order chi connectivity index (χ1) is 10.2. The Kier molecular flexibility index (Phi) is 4.16. The maximum Gasteiger partial charge on any atom is 0.419 e. The zero-order valence-electron chi connectivity index (χ0n) is 11.4. The number of esters is 1. The molecule has 0 bridgehead atoms. The van der Waals surface area contributed by atoms with Gasteiger partial charge in [0.05, 0.1) is 11.1 Å². The number of nitrogens with zero attached hydrogens (tertiary/aromatic N) is 2. The highest BCUT2D eigenvalue weighted by molar-refractivity contribution is 5.90. The molecule has 1 aromatic carbocycles. The summed E-state index contributed by atoms with van der Waals surface area (Å²) < 4.78 is 61.5. The largest absolute Gasteiger partial charge is 0.449 e. The van der Waals surface area contributed by atoms with E-state index in [1.165, 1.54) is 13.8 Å². The Hall–Kier alpha value is -2.45. The lowest BCUT2D eigenvalue weighted by atomic mass is 10.1. The molecule has 0 radical (unpaired) electrons. The number of aromatic nitrogens is 2. The van der Waals surface area contributed by atoms with Crippen molar-refractivity contribution in [3.8, 4) is 0 Å². The van der Waals surface area contributed by atoms with Crippen molar-refractivity contribution >= 4 is 5.97 Å². The average molecular weight is 318 g/mol. The molecule has 2 aromatic rings. The van der Waals surface area contributed by atoms with Crippen molar-refractivity contribution < 1.29 is 31.5 Å². The summed E-state index contributed by atoms with van der Waals surface area (Å²) in [4.78, 5) is 11.8. The van der Waals surface area contributed by atoms with Gasteiger partial charge in [-0.05, 0) is 19.1 Å². The smallest absolute Gasteiger partial charge is 0.419 e. The summed E-state index contributed by atoms with van der Waals surface area (Å²) in [6.45, 7) is 2.88. The molecule has 0 aliphatic rings. The van der Waals surface area contributed by atoms with E-state index in [0.717, 1.165) is 12.1 Å². The summed E-state index contributed by atoms with van der Waals surface area (Å²) in [6.07, 6.45) is -5.93. The van der Waals surface area contributed by atoms with Crippen LogP contribution in [0, 0.1) is 12.7 Å². The Balaban J connectivity index is 2.23. The highest BCUT2D eigenvalue weighted by atomic mass is 19.4. The number of carbonyl (C=O) groups is 1. The lowest BCUT2D eigenvalue weighted by Crippen LogP contribution is -2.15. The number of alkyl halides is 3. The van der Waals surface area contributed by atoms with Gasteiger partial charge in [-0.2, -0.15) is 13.2 Å². The molecule has 22 heavy (non-hydrogen) atoms. The summed E-state index contributed by atoms with van der Waals surface area (Å²) in [5.41, 5.74) is -2.36. The van der Waals surface area contributed by atoms with Gasteiger partial charge in [0.2, 0.25) is 5.89 Å². The second-order valence-electron chi connectivity index (χ2n) is 4.37. The standard InChI is InChI=1S/C13H10F4N2O3/c1-6(11-19-18-7(2)22-11)21-12(20)8-4-3-5-9(10(8)14)13(15,16)17/h3-6H,1-2H3/t6-/m0/s1. The van der Waals surface area contributed by atoms with Crippen molar-refractivity contribution in [2.75, 3.05) is 0 Å². The van der Waals surface area contributed by atoms with Gasteiger partial charge in [-0.1, -0.05) is 6.07 Å². The normalized spacial score (nSPS) is 13.0. The van der Waals surface area contributed by atoms with Gasteiger partial charge in [-0.3, -0.25) is 0 Å². The van der Waals surface area contributed by atoms with Crippen molar-refractivity contribution in [2.24, 2.45) is 0 Å². The molecule has 0 unspecified atom stereocenters. The highest BCUT2D eigenvalue weighted by Crippen LogP contribution is 2.32. The topological polar surface area (TPSA) is 65.2 Å². The average Bonchev–Trinajstić information content (AvgIpc) is 2.84. The molecule has 5 nitrogen and oxygen atoms in total. The van der Waals surface area contributed by atoms with Gasteiger partial charge in [0, 0.05) is 6.92 Å². The summed E-state index contributed by atoms with van der Waals surface area (Å²) in [5.74, 6) is -2.76. The van der Waals surface area contributed by atoms with Crippen LogP contribution in [0.4, 0.5) is 17.6 Å². The van der Waals surface area contributed by atoms with Crippen molar-refractivity contribution in [2.45, 2.75) is 26.1 Å². The fourth-order valence-corrected chi connectivity index (χ4v) is 1.66. The molecule has 0 fully saturated rings. The molecule has 9 heteroatoms. The van der Waals surface area contributed by atoms with Crippen LogP contribution in [-0.2, 0) is 10.9 Å².